The summed E-state index contributed by atoms with van der Waals surface area (Å²) in [5, 5.41) is 2.79. The minimum atomic E-state index is -0.663. The SMILES string of the molecule is CCOC(=O)CCCNC(=O)C1(C)COCC1N. The first kappa shape index (κ1) is 14.9. The van der Waals surface area contributed by atoms with Crippen LogP contribution in [0.15, 0.2) is 0 Å². The molecule has 0 bridgehead atoms. The highest BCUT2D eigenvalue weighted by Crippen LogP contribution is 2.26. The van der Waals surface area contributed by atoms with Crippen molar-refractivity contribution in [2.24, 2.45) is 11.1 Å². The number of hydrogen-bond acceptors (Lipinski definition) is 5. The fourth-order valence-corrected chi connectivity index (χ4v) is 1.79. The van der Waals surface area contributed by atoms with Gasteiger partial charge in [-0.3, -0.25) is 9.59 Å². The number of amides is 1. The van der Waals surface area contributed by atoms with E-state index in [9.17, 15) is 9.59 Å². The molecular formula is C12H22N2O4. The van der Waals surface area contributed by atoms with Crippen LogP contribution in [0.25, 0.3) is 0 Å². The van der Waals surface area contributed by atoms with Crippen molar-refractivity contribution < 1.29 is 19.1 Å². The quantitative estimate of drug-likeness (QED) is 0.509. The summed E-state index contributed by atoms with van der Waals surface area (Å²) < 4.78 is 10.0. The number of carbonyl (C=O) groups excluding carboxylic acids is 2. The first-order chi connectivity index (χ1) is 8.50. The molecule has 0 saturated carbocycles. The number of carbonyl (C=O) groups is 2. The third kappa shape index (κ3) is 3.68. The van der Waals surface area contributed by atoms with E-state index in [1.807, 2.05) is 0 Å². The van der Waals surface area contributed by atoms with Gasteiger partial charge < -0.3 is 20.5 Å². The van der Waals surface area contributed by atoms with Gasteiger partial charge >= 0.3 is 5.97 Å². The molecule has 0 aliphatic carbocycles. The van der Waals surface area contributed by atoms with Crippen LogP contribution in [0.5, 0.6) is 0 Å². The fourth-order valence-electron chi connectivity index (χ4n) is 1.79. The summed E-state index contributed by atoms with van der Waals surface area (Å²) in [6.45, 7) is 5.15. The van der Waals surface area contributed by atoms with E-state index in [0.29, 0.717) is 39.2 Å². The van der Waals surface area contributed by atoms with E-state index in [0.717, 1.165) is 0 Å². The van der Waals surface area contributed by atoms with Gasteiger partial charge in [0.05, 0.1) is 25.2 Å². The molecule has 0 radical (unpaired) electrons. The van der Waals surface area contributed by atoms with Crippen LogP contribution in [0, 0.1) is 5.41 Å². The lowest BCUT2D eigenvalue weighted by Gasteiger charge is -2.25. The number of nitrogens with one attached hydrogen (secondary N) is 1. The molecule has 0 spiro atoms. The molecule has 6 heteroatoms. The normalized spacial score (nSPS) is 26.9. The zero-order valence-corrected chi connectivity index (χ0v) is 11.0. The van der Waals surface area contributed by atoms with Crippen LogP contribution >= 0.6 is 0 Å². The highest BCUT2D eigenvalue weighted by Gasteiger charge is 2.44. The zero-order chi connectivity index (χ0) is 13.6. The zero-order valence-electron chi connectivity index (χ0n) is 11.0. The summed E-state index contributed by atoms with van der Waals surface area (Å²) in [6, 6.07) is -0.275. The van der Waals surface area contributed by atoms with Gasteiger partial charge in [-0.25, -0.2) is 0 Å². The Morgan fingerprint density at radius 1 is 1.56 bits per heavy atom. The van der Waals surface area contributed by atoms with Gasteiger partial charge in [-0.1, -0.05) is 0 Å². The van der Waals surface area contributed by atoms with Crippen molar-refractivity contribution in [3.63, 3.8) is 0 Å². The third-order valence-corrected chi connectivity index (χ3v) is 3.18. The Kier molecular flexibility index (Phi) is 5.55. The number of hydrogen-bond donors (Lipinski definition) is 2. The molecule has 0 aromatic rings. The Bertz CT molecular complexity index is 308. The van der Waals surface area contributed by atoms with Gasteiger partial charge in [0.2, 0.25) is 5.91 Å². The minimum absolute atomic E-state index is 0.114. The van der Waals surface area contributed by atoms with Gasteiger partial charge in [-0.15, -0.1) is 0 Å². The van der Waals surface area contributed by atoms with Crippen molar-refractivity contribution in [2.45, 2.75) is 32.7 Å². The largest absolute Gasteiger partial charge is 0.466 e. The Morgan fingerprint density at radius 2 is 2.28 bits per heavy atom. The van der Waals surface area contributed by atoms with Crippen molar-refractivity contribution in [3.8, 4) is 0 Å². The molecule has 1 fully saturated rings. The van der Waals surface area contributed by atoms with Gasteiger partial charge in [-0.2, -0.15) is 0 Å². The second-order valence-corrected chi connectivity index (χ2v) is 4.70. The van der Waals surface area contributed by atoms with E-state index < -0.39 is 5.41 Å². The topological polar surface area (TPSA) is 90.6 Å². The van der Waals surface area contributed by atoms with Crippen LogP contribution in [0.1, 0.15) is 26.7 Å². The molecule has 18 heavy (non-hydrogen) atoms. The summed E-state index contributed by atoms with van der Waals surface area (Å²) >= 11 is 0. The predicted octanol–water partition coefficient (Wildman–Crippen LogP) is -0.190. The lowest BCUT2D eigenvalue weighted by Crippen LogP contribution is -2.50. The van der Waals surface area contributed by atoms with Crippen molar-refractivity contribution in [1.29, 1.82) is 0 Å². The summed E-state index contributed by atoms with van der Waals surface area (Å²) in [5.41, 5.74) is 5.18. The monoisotopic (exact) mass is 258 g/mol. The highest BCUT2D eigenvalue weighted by atomic mass is 16.5. The first-order valence-corrected chi connectivity index (χ1v) is 6.28. The predicted molar refractivity (Wildman–Crippen MR) is 65.8 cm³/mol. The van der Waals surface area contributed by atoms with Crippen LogP contribution in [-0.4, -0.2) is 44.3 Å². The van der Waals surface area contributed by atoms with Gasteiger partial charge in [-0.05, 0) is 20.3 Å². The molecule has 1 amide bonds. The minimum Gasteiger partial charge on any atom is -0.466 e. The van der Waals surface area contributed by atoms with Crippen LogP contribution in [0.4, 0.5) is 0 Å². The second-order valence-electron chi connectivity index (χ2n) is 4.70. The van der Waals surface area contributed by atoms with E-state index in [-0.39, 0.29) is 17.9 Å². The Hall–Kier alpha value is -1.14. The Labute approximate surface area is 107 Å². The lowest BCUT2D eigenvalue weighted by atomic mass is 9.85. The molecule has 104 valence electrons. The fraction of sp³-hybridized carbons (Fsp3) is 0.833. The Morgan fingerprint density at radius 3 is 2.83 bits per heavy atom. The van der Waals surface area contributed by atoms with Gasteiger partial charge in [0.15, 0.2) is 0 Å². The first-order valence-electron chi connectivity index (χ1n) is 6.28. The maximum absolute atomic E-state index is 12.0. The summed E-state index contributed by atoms with van der Waals surface area (Å²) in [5.74, 6) is -0.352. The smallest absolute Gasteiger partial charge is 0.305 e. The molecule has 1 saturated heterocycles. The molecule has 1 aliphatic heterocycles. The number of nitrogens with two attached hydrogens (primary N) is 1. The van der Waals surface area contributed by atoms with Crippen molar-refractivity contribution >= 4 is 11.9 Å². The lowest BCUT2D eigenvalue weighted by molar-refractivity contribution is -0.143. The van der Waals surface area contributed by atoms with Gasteiger partial charge in [0.25, 0.3) is 0 Å². The van der Waals surface area contributed by atoms with Crippen LogP contribution in [0.3, 0.4) is 0 Å². The van der Waals surface area contributed by atoms with Crippen molar-refractivity contribution in [3.05, 3.63) is 0 Å². The third-order valence-electron chi connectivity index (χ3n) is 3.18. The number of esters is 1. The molecule has 1 rings (SSSR count). The van der Waals surface area contributed by atoms with Crippen LogP contribution in [0.2, 0.25) is 0 Å². The number of rotatable bonds is 6. The van der Waals surface area contributed by atoms with E-state index >= 15 is 0 Å². The van der Waals surface area contributed by atoms with Crippen molar-refractivity contribution in [1.82, 2.24) is 5.32 Å². The molecule has 0 aromatic carbocycles. The van der Waals surface area contributed by atoms with E-state index in [2.05, 4.69) is 5.32 Å². The molecular weight excluding hydrogens is 236 g/mol. The second kappa shape index (κ2) is 6.70. The summed E-state index contributed by atoms with van der Waals surface area (Å²) in [6.07, 6.45) is 0.879. The van der Waals surface area contributed by atoms with Gasteiger partial charge in [0, 0.05) is 19.0 Å². The molecule has 0 aromatic heterocycles. The maximum Gasteiger partial charge on any atom is 0.305 e. The molecule has 1 heterocycles. The van der Waals surface area contributed by atoms with Crippen molar-refractivity contribution in [2.75, 3.05) is 26.4 Å². The Balaban J connectivity index is 2.23. The average molecular weight is 258 g/mol. The van der Waals surface area contributed by atoms with E-state index in [1.54, 1.807) is 13.8 Å². The van der Waals surface area contributed by atoms with Gasteiger partial charge in [0.1, 0.15) is 0 Å². The highest BCUT2D eigenvalue weighted by molar-refractivity contribution is 5.83. The molecule has 3 N–H and O–H groups in total. The maximum atomic E-state index is 12.0. The number of ether oxygens (including phenoxy) is 2. The average Bonchev–Trinajstić information content (AvgIpc) is 2.67. The van der Waals surface area contributed by atoms with Crippen LogP contribution in [-0.2, 0) is 19.1 Å². The molecule has 2 atom stereocenters. The summed E-state index contributed by atoms with van der Waals surface area (Å²) in [7, 11) is 0. The summed E-state index contributed by atoms with van der Waals surface area (Å²) in [4.78, 5) is 23.0. The molecule has 2 unspecified atom stereocenters. The van der Waals surface area contributed by atoms with Crippen LogP contribution < -0.4 is 11.1 Å². The molecule has 6 nitrogen and oxygen atoms in total. The van der Waals surface area contributed by atoms with E-state index in [4.69, 9.17) is 15.2 Å². The standard InChI is InChI=1S/C12H22N2O4/c1-3-18-10(15)5-4-6-14-11(16)12(2)8-17-7-9(12)13/h9H,3-8,13H2,1-2H3,(H,14,16). The molecule has 1 aliphatic rings. The van der Waals surface area contributed by atoms with E-state index in [1.165, 1.54) is 0 Å².